The minimum Gasteiger partial charge on any atom is -0.392 e. The number of fused-ring (bicyclic) bond motifs is 1. The fourth-order valence-electron chi connectivity index (χ4n) is 3.96. The maximum absolute atomic E-state index is 12.7. The maximum Gasteiger partial charge on any atom is 0.326 e. The Morgan fingerprint density at radius 2 is 1.86 bits per heavy atom. The number of anilines is 1. The van der Waals surface area contributed by atoms with Gasteiger partial charge >= 0.3 is 5.69 Å². The van der Waals surface area contributed by atoms with E-state index in [2.05, 4.69) is 28.5 Å². The van der Waals surface area contributed by atoms with Crippen LogP contribution < -0.4 is 22.3 Å². The molecule has 0 fully saturated rings. The summed E-state index contributed by atoms with van der Waals surface area (Å²) in [4.78, 5) is 40.3. The Balaban J connectivity index is 1.62. The smallest absolute Gasteiger partial charge is 0.326 e. The van der Waals surface area contributed by atoms with Gasteiger partial charge in [-0.2, -0.15) is 0 Å². The Morgan fingerprint density at radius 3 is 2.66 bits per heavy atom. The molecule has 1 heterocycles. The van der Waals surface area contributed by atoms with Gasteiger partial charge in [0.15, 0.2) is 0 Å². The zero-order chi connectivity index (χ0) is 20.4. The zero-order valence-corrected chi connectivity index (χ0v) is 15.8. The number of rotatable bonds is 4. The molecule has 7 heteroatoms. The Kier molecular flexibility index (Phi) is 5.03. The summed E-state index contributed by atoms with van der Waals surface area (Å²) >= 11 is 0. The molecule has 0 unspecified atom stereocenters. The highest BCUT2D eigenvalue weighted by molar-refractivity contribution is 5.97. The van der Waals surface area contributed by atoms with Crippen molar-refractivity contribution >= 4 is 11.6 Å². The van der Waals surface area contributed by atoms with Gasteiger partial charge in [-0.25, -0.2) is 4.79 Å². The number of aromatic amines is 2. The predicted molar refractivity (Wildman–Crippen MR) is 111 cm³/mol. The monoisotopic (exact) mass is 390 g/mol. The molecule has 4 rings (SSSR count). The second kappa shape index (κ2) is 7.79. The van der Waals surface area contributed by atoms with Crippen molar-refractivity contribution in [3.8, 4) is 0 Å². The molecule has 0 spiro atoms. The predicted octanol–water partition coefficient (Wildman–Crippen LogP) is 2.04. The van der Waals surface area contributed by atoms with Crippen LogP contribution in [0.4, 0.5) is 5.69 Å². The Labute approximate surface area is 167 Å². The van der Waals surface area contributed by atoms with Crippen molar-refractivity contribution < 1.29 is 4.79 Å². The van der Waals surface area contributed by atoms with E-state index in [1.54, 1.807) is 0 Å². The number of aromatic nitrogens is 2. The van der Waals surface area contributed by atoms with Crippen molar-refractivity contribution in [3.63, 3.8) is 0 Å². The number of benzene rings is 2. The van der Waals surface area contributed by atoms with Gasteiger partial charge in [0, 0.05) is 0 Å². The molecule has 0 aliphatic heterocycles. The zero-order valence-electron chi connectivity index (χ0n) is 15.8. The summed E-state index contributed by atoms with van der Waals surface area (Å²) in [5, 5.41) is 2.94. The lowest BCUT2D eigenvalue weighted by molar-refractivity contribution is 0.0928. The van der Waals surface area contributed by atoms with Gasteiger partial charge in [0.25, 0.3) is 11.5 Å². The van der Waals surface area contributed by atoms with Crippen LogP contribution >= 0.6 is 0 Å². The molecule has 3 aromatic rings. The summed E-state index contributed by atoms with van der Waals surface area (Å²) < 4.78 is 0. The number of nitrogen functional groups attached to an aromatic ring is 1. The lowest BCUT2D eigenvalue weighted by atomic mass is 9.83. The number of H-pyrrole nitrogens is 2. The average Bonchev–Trinajstić information content (AvgIpc) is 2.72. The minimum atomic E-state index is -0.770. The fraction of sp³-hybridized carbons (Fsp3) is 0.227. The molecule has 7 nitrogen and oxygen atoms in total. The summed E-state index contributed by atoms with van der Waals surface area (Å²) in [6.45, 7) is 0. The third-order valence-electron chi connectivity index (χ3n) is 5.35. The average molecular weight is 390 g/mol. The molecule has 5 N–H and O–H groups in total. The molecular weight excluding hydrogens is 368 g/mol. The van der Waals surface area contributed by atoms with Gasteiger partial charge in [-0.15, -0.1) is 0 Å². The largest absolute Gasteiger partial charge is 0.392 e. The maximum atomic E-state index is 12.7. The van der Waals surface area contributed by atoms with Crippen LogP contribution in [0.5, 0.6) is 0 Å². The molecule has 0 radical (unpaired) electrons. The molecule has 0 saturated carbocycles. The topological polar surface area (TPSA) is 121 Å². The van der Waals surface area contributed by atoms with E-state index in [9.17, 15) is 14.4 Å². The number of hydrogen-bond donors (Lipinski definition) is 4. The molecular formula is C22H22N4O3. The first-order valence-electron chi connectivity index (χ1n) is 9.60. The summed E-state index contributed by atoms with van der Waals surface area (Å²) in [6.07, 6.45) is 3.50. The highest BCUT2D eigenvalue weighted by Crippen LogP contribution is 2.33. The van der Waals surface area contributed by atoms with E-state index >= 15 is 0 Å². The van der Waals surface area contributed by atoms with Crippen LogP contribution in [0.3, 0.4) is 0 Å². The second-order valence-corrected chi connectivity index (χ2v) is 7.26. The summed E-state index contributed by atoms with van der Waals surface area (Å²) in [7, 11) is 0. The van der Waals surface area contributed by atoms with Gasteiger partial charge < -0.3 is 16.0 Å². The van der Waals surface area contributed by atoms with Crippen molar-refractivity contribution in [2.45, 2.75) is 31.7 Å². The Morgan fingerprint density at radius 1 is 1.07 bits per heavy atom. The van der Waals surface area contributed by atoms with Crippen molar-refractivity contribution in [1.82, 2.24) is 15.3 Å². The first-order chi connectivity index (χ1) is 14.0. The number of nitrogens with two attached hydrogens (primary N) is 1. The Bertz CT molecular complexity index is 1160. The summed E-state index contributed by atoms with van der Waals surface area (Å²) in [5.41, 5.74) is 8.47. The molecule has 0 saturated heterocycles. The van der Waals surface area contributed by atoms with Gasteiger partial charge in [0.05, 0.1) is 6.04 Å². The normalized spacial score (nSPS) is 15.5. The van der Waals surface area contributed by atoms with E-state index in [1.165, 1.54) is 16.7 Å². The van der Waals surface area contributed by atoms with Crippen molar-refractivity contribution in [2.24, 2.45) is 0 Å². The van der Waals surface area contributed by atoms with Crippen LogP contribution in [-0.2, 0) is 12.8 Å². The number of nitrogens with one attached hydrogen (secondary N) is 3. The van der Waals surface area contributed by atoms with E-state index in [-0.39, 0.29) is 17.4 Å². The molecule has 148 valence electrons. The van der Waals surface area contributed by atoms with Crippen molar-refractivity contribution in [2.75, 3.05) is 5.73 Å². The first kappa shape index (κ1) is 18.7. The van der Waals surface area contributed by atoms with E-state index in [4.69, 9.17) is 5.73 Å². The molecule has 1 atom stereocenters. The second-order valence-electron chi connectivity index (χ2n) is 7.26. The molecule has 0 bridgehead atoms. The number of carbonyl (C=O) groups excluding carboxylic acids is 1. The highest BCUT2D eigenvalue weighted by atomic mass is 16.2. The number of hydrogen-bond acceptors (Lipinski definition) is 4. The SMILES string of the molecule is Nc1c(C(=O)N[C@@H]2CCCc3c(Cc4ccccc4)cccc32)[nH]c(=O)[nH]c1=O. The van der Waals surface area contributed by atoms with Crippen LogP contribution in [0.2, 0.25) is 0 Å². The van der Waals surface area contributed by atoms with E-state index < -0.39 is 17.2 Å². The van der Waals surface area contributed by atoms with Gasteiger partial charge in [-0.3, -0.25) is 14.6 Å². The molecule has 29 heavy (non-hydrogen) atoms. The van der Waals surface area contributed by atoms with Crippen LogP contribution in [0.25, 0.3) is 0 Å². The quantitative estimate of drug-likeness (QED) is 0.545. The third kappa shape index (κ3) is 3.85. The lowest BCUT2D eigenvalue weighted by Gasteiger charge is -2.28. The first-order valence-corrected chi connectivity index (χ1v) is 9.60. The number of amides is 1. The molecule has 2 aromatic carbocycles. The summed E-state index contributed by atoms with van der Waals surface area (Å²) in [5.74, 6) is -0.558. The fourth-order valence-corrected chi connectivity index (χ4v) is 3.96. The highest BCUT2D eigenvalue weighted by Gasteiger charge is 2.25. The minimum absolute atomic E-state index is 0.202. The van der Waals surface area contributed by atoms with Gasteiger partial charge in [0.2, 0.25) is 0 Å². The molecule has 1 aromatic heterocycles. The van der Waals surface area contributed by atoms with E-state index in [0.29, 0.717) is 0 Å². The standard InChI is InChI=1S/C22H22N4O3/c23-18-19(25-22(29)26-20(18)27)21(28)24-17-11-5-9-15-14(8-4-10-16(15)17)12-13-6-2-1-3-7-13/h1-4,6-8,10,17H,5,9,11-12,23H2,(H,24,28)(H2,25,26,27,29)/t17-/m1/s1. The van der Waals surface area contributed by atoms with Gasteiger partial charge in [-0.05, 0) is 47.9 Å². The molecule has 1 amide bonds. The van der Waals surface area contributed by atoms with Gasteiger partial charge in [-0.1, -0.05) is 48.5 Å². The van der Waals surface area contributed by atoms with Crippen LogP contribution in [0, 0.1) is 0 Å². The van der Waals surface area contributed by atoms with Crippen LogP contribution in [0.15, 0.2) is 58.1 Å². The third-order valence-corrected chi connectivity index (χ3v) is 5.35. The van der Waals surface area contributed by atoms with Crippen LogP contribution in [0.1, 0.15) is 51.6 Å². The molecule has 1 aliphatic rings. The van der Waals surface area contributed by atoms with E-state index in [1.807, 2.05) is 35.3 Å². The van der Waals surface area contributed by atoms with Crippen LogP contribution in [-0.4, -0.2) is 15.9 Å². The van der Waals surface area contributed by atoms with Gasteiger partial charge in [0.1, 0.15) is 11.4 Å². The van der Waals surface area contributed by atoms with Crippen molar-refractivity contribution in [3.05, 3.63) is 97.3 Å². The summed E-state index contributed by atoms with van der Waals surface area (Å²) in [6, 6.07) is 16.2. The Hall–Kier alpha value is -3.61. The number of carbonyl (C=O) groups is 1. The van der Waals surface area contributed by atoms with Crippen molar-refractivity contribution in [1.29, 1.82) is 0 Å². The lowest BCUT2D eigenvalue weighted by Crippen LogP contribution is -2.36. The molecule has 1 aliphatic carbocycles. The van der Waals surface area contributed by atoms with E-state index in [0.717, 1.165) is 31.2 Å².